The second kappa shape index (κ2) is 5.45. The molecule has 0 saturated carbocycles. The Balaban J connectivity index is 1.54. The number of aromatic nitrogens is 6. The van der Waals surface area contributed by atoms with Gasteiger partial charge in [0.1, 0.15) is 5.82 Å². The van der Waals surface area contributed by atoms with E-state index in [9.17, 15) is 0 Å². The lowest BCUT2D eigenvalue weighted by atomic mass is 10.3. The summed E-state index contributed by atoms with van der Waals surface area (Å²) in [5, 5.41) is 16.8. The van der Waals surface area contributed by atoms with Crippen LogP contribution in [0.1, 0.15) is 11.5 Å². The van der Waals surface area contributed by atoms with Crippen LogP contribution in [0.4, 0.5) is 11.6 Å². The van der Waals surface area contributed by atoms with Crippen LogP contribution in [0.15, 0.2) is 24.5 Å². The Morgan fingerprint density at radius 1 is 0.870 bits per heavy atom. The number of hydrogen-bond acceptors (Lipinski definition) is 7. The number of nitrogens with zero attached hydrogens (tertiary/aromatic N) is 8. The fourth-order valence-corrected chi connectivity index (χ4v) is 2.86. The maximum atomic E-state index is 4.51. The number of fused-ring (bicyclic) bond motifs is 1. The zero-order valence-electron chi connectivity index (χ0n) is 13.2. The highest BCUT2D eigenvalue weighted by molar-refractivity contribution is 5.64. The van der Waals surface area contributed by atoms with Crippen molar-refractivity contribution >= 4 is 17.3 Å². The van der Waals surface area contributed by atoms with E-state index in [2.05, 4.69) is 35.2 Å². The third kappa shape index (κ3) is 2.45. The first-order valence-electron chi connectivity index (χ1n) is 7.69. The monoisotopic (exact) mass is 310 g/mol. The Bertz CT molecular complexity index is 817. The molecule has 0 aliphatic carbocycles. The zero-order valence-corrected chi connectivity index (χ0v) is 13.2. The van der Waals surface area contributed by atoms with E-state index < -0.39 is 0 Å². The number of piperazine rings is 1. The lowest BCUT2D eigenvalue weighted by molar-refractivity contribution is 0.637. The average Bonchev–Trinajstić information content (AvgIpc) is 2.97. The van der Waals surface area contributed by atoms with Crippen molar-refractivity contribution in [2.24, 2.45) is 0 Å². The SMILES string of the molecule is Cc1ccc(N2CCN(c3nccn4c(C)nnc34)CC2)nn1. The molecule has 1 saturated heterocycles. The van der Waals surface area contributed by atoms with Gasteiger partial charge in [0.05, 0.1) is 5.69 Å². The molecule has 23 heavy (non-hydrogen) atoms. The fraction of sp³-hybridized carbons (Fsp3) is 0.400. The van der Waals surface area contributed by atoms with E-state index in [0.717, 1.165) is 55.0 Å². The number of anilines is 2. The molecule has 0 unspecified atom stereocenters. The third-order valence-corrected chi connectivity index (χ3v) is 4.17. The van der Waals surface area contributed by atoms with Crippen molar-refractivity contribution in [3.8, 4) is 0 Å². The van der Waals surface area contributed by atoms with E-state index >= 15 is 0 Å². The standard InChI is InChI=1S/C15H18N8/c1-11-3-4-13(19-17-11)21-7-9-22(10-8-21)14-15-20-18-12(2)23(15)6-5-16-14/h3-6H,7-10H2,1-2H3. The van der Waals surface area contributed by atoms with Gasteiger partial charge in [-0.3, -0.25) is 4.40 Å². The molecule has 8 heteroatoms. The van der Waals surface area contributed by atoms with Gasteiger partial charge in [0.25, 0.3) is 0 Å². The first-order valence-corrected chi connectivity index (χ1v) is 7.69. The summed E-state index contributed by atoms with van der Waals surface area (Å²) in [5.74, 6) is 2.69. The Kier molecular flexibility index (Phi) is 3.29. The van der Waals surface area contributed by atoms with Gasteiger partial charge in [0, 0.05) is 38.6 Å². The molecule has 118 valence electrons. The normalized spacial score (nSPS) is 15.4. The maximum Gasteiger partial charge on any atom is 0.203 e. The Hall–Kier alpha value is -2.77. The zero-order chi connectivity index (χ0) is 15.8. The second-order valence-electron chi connectivity index (χ2n) is 5.70. The molecule has 0 amide bonds. The van der Waals surface area contributed by atoms with E-state index in [1.807, 2.05) is 36.6 Å². The van der Waals surface area contributed by atoms with Crippen molar-refractivity contribution < 1.29 is 0 Å². The van der Waals surface area contributed by atoms with Gasteiger partial charge in [0.2, 0.25) is 5.65 Å². The van der Waals surface area contributed by atoms with Crippen LogP contribution in [0.5, 0.6) is 0 Å². The number of aryl methyl sites for hydroxylation is 2. The smallest absolute Gasteiger partial charge is 0.203 e. The molecule has 4 rings (SSSR count). The summed E-state index contributed by atoms with van der Waals surface area (Å²) in [5.41, 5.74) is 1.75. The van der Waals surface area contributed by atoms with Gasteiger partial charge in [-0.1, -0.05) is 0 Å². The van der Waals surface area contributed by atoms with Gasteiger partial charge in [-0.2, -0.15) is 5.10 Å². The summed E-state index contributed by atoms with van der Waals surface area (Å²) >= 11 is 0. The van der Waals surface area contributed by atoms with Crippen LogP contribution < -0.4 is 9.80 Å². The molecule has 3 aromatic rings. The molecule has 0 bridgehead atoms. The highest BCUT2D eigenvalue weighted by Gasteiger charge is 2.22. The number of hydrogen-bond donors (Lipinski definition) is 0. The predicted molar refractivity (Wildman–Crippen MR) is 86.7 cm³/mol. The number of rotatable bonds is 2. The molecule has 8 nitrogen and oxygen atoms in total. The summed E-state index contributed by atoms with van der Waals surface area (Å²) in [6, 6.07) is 4.02. The fourth-order valence-electron chi connectivity index (χ4n) is 2.86. The molecule has 0 radical (unpaired) electrons. The first kappa shape index (κ1) is 13.9. The van der Waals surface area contributed by atoms with Crippen molar-refractivity contribution in [3.63, 3.8) is 0 Å². The van der Waals surface area contributed by atoms with Crippen molar-refractivity contribution in [2.75, 3.05) is 36.0 Å². The minimum Gasteiger partial charge on any atom is -0.352 e. The van der Waals surface area contributed by atoms with E-state index in [-0.39, 0.29) is 0 Å². The van der Waals surface area contributed by atoms with Gasteiger partial charge in [-0.25, -0.2) is 4.98 Å². The summed E-state index contributed by atoms with van der Waals surface area (Å²) in [7, 11) is 0. The molecule has 0 N–H and O–H groups in total. The van der Waals surface area contributed by atoms with Gasteiger partial charge >= 0.3 is 0 Å². The van der Waals surface area contributed by atoms with E-state index in [4.69, 9.17) is 0 Å². The minimum atomic E-state index is 0.813. The predicted octanol–water partition coefficient (Wildman–Crippen LogP) is 0.858. The molecule has 0 aromatic carbocycles. The summed E-state index contributed by atoms with van der Waals surface area (Å²) < 4.78 is 1.97. The van der Waals surface area contributed by atoms with Crippen LogP contribution >= 0.6 is 0 Å². The highest BCUT2D eigenvalue weighted by atomic mass is 15.3. The lowest BCUT2D eigenvalue weighted by Gasteiger charge is -2.35. The van der Waals surface area contributed by atoms with Crippen LogP contribution in [-0.2, 0) is 0 Å². The molecule has 0 spiro atoms. The highest BCUT2D eigenvalue weighted by Crippen LogP contribution is 2.20. The molecule has 1 aliphatic rings. The second-order valence-corrected chi connectivity index (χ2v) is 5.70. The van der Waals surface area contributed by atoms with Crippen molar-refractivity contribution in [1.82, 2.24) is 29.8 Å². The van der Waals surface area contributed by atoms with Crippen LogP contribution in [0.3, 0.4) is 0 Å². The maximum absolute atomic E-state index is 4.51. The minimum absolute atomic E-state index is 0.813. The van der Waals surface area contributed by atoms with Crippen molar-refractivity contribution in [1.29, 1.82) is 0 Å². The van der Waals surface area contributed by atoms with E-state index in [1.54, 1.807) is 6.20 Å². The molecule has 3 aromatic heterocycles. The van der Waals surface area contributed by atoms with Gasteiger partial charge in [-0.15, -0.1) is 15.3 Å². The quantitative estimate of drug-likeness (QED) is 0.695. The van der Waals surface area contributed by atoms with E-state index in [1.165, 1.54) is 0 Å². The summed E-state index contributed by atoms with van der Waals surface area (Å²) in [4.78, 5) is 9.01. The Morgan fingerprint density at radius 3 is 2.39 bits per heavy atom. The van der Waals surface area contributed by atoms with Crippen LogP contribution in [-0.4, -0.2) is 56.0 Å². The topological polar surface area (TPSA) is 75.3 Å². The molecule has 4 heterocycles. The third-order valence-electron chi connectivity index (χ3n) is 4.17. The van der Waals surface area contributed by atoms with Crippen LogP contribution in [0, 0.1) is 13.8 Å². The van der Waals surface area contributed by atoms with Gasteiger partial charge in [-0.05, 0) is 26.0 Å². The molecular weight excluding hydrogens is 292 g/mol. The van der Waals surface area contributed by atoms with Gasteiger partial charge in [0.15, 0.2) is 11.6 Å². The first-order chi connectivity index (χ1) is 11.2. The van der Waals surface area contributed by atoms with Crippen LogP contribution in [0.25, 0.3) is 5.65 Å². The average molecular weight is 310 g/mol. The summed E-state index contributed by atoms with van der Waals surface area (Å²) in [6.45, 7) is 7.39. The van der Waals surface area contributed by atoms with E-state index in [0.29, 0.717) is 0 Å². The van der Waals surface area contributed by atoms with Crippen LogP contribution in [0.2, 0.25) is 0 Å². The Morgan fingerprint density at radius 2 is 1.65 bits per heavy atom. The summed E-state index contributed by atoms with van der Waals surface area (Å²) in [6.07, 6.45) is 3.70. The largest absolute Gasteiger partial charge is 0.352 e. The van der Waals surface area contributed by atoms with Crippen molar-refractivity contribution in [3.05, 3.63) is 36.0 Å². The molecule has 1 fully saturated rings. The molecule has 0 atom stereocenters. The molecule has 1 aliphatic heterocycles. The van der Waals surface area contributed by atoms with Gasteiger partial charge < -0.3 is 9.80 Å². The Labute approximate surface area is 133 Å². The molecular formula is C15H18N8. The van der Waals surface area contributed by atoms with Crippen molar-refractivity contribution in [2.45, 2.75) is 13.8 Å². The lowest BCUT2D eigenvalue weighted by Crippen LogP contribution is -2.47.